The van der Waals surface area contributed by atoms with Crippen LogP contribution in [0.3, 0.4) is 0 Å². The van der Waals surface area contributed by atoms with Gasteiger partial charge in [-0.1, -0.05) is 164 Å². The Kier molecular flexibility index (Phi) is 8.55. The van der Waals surface area contributed by atoms with Crippen molar-refractivity contribution < 1.29 is 0 Å². The van der Waals surface area contributed by atoms with Crippen LogP contribution in [-0.2, 0) is 0 Å². The van der Waals surface area contributed by atoms with Crippen LogP contribution < -0.4 is 4.90 Å². The molecule has 0 radical (unpaired) electrons. The number of benzene rings is 9. The fraction of sp³-hybridized carbons (Fsp3) is 0. The van der Waals surface area contributed by atoms with Gasteiger partial charge in [-0.3, -0.25) is 0 Å². The Morgan fingerprint density at radius 3 is 1.34 bits per heavy atom. The third kappa shape index (κ3) is 6.14. The van der Waals surface area contributed by atoms with Gasteiger partial charge >= 0.3 is 0 Å². The maximum atomic E-state index is 2.38. The van der Waals surface area contributed by atoms with Crippen LogP contribution in [0.4, 0.5) is 17.1 Å². The number of anilines is 3. The third-order valence-electron chi connectivity index (χ3n) is 10.8. The van der Waals surface area contributed by atoms with Gasteiger partial charge in [-0.05, 0) is 111 Å². The van der Waals surface area contributed by atoms with E-state index in [1.165, 1.54) is 66.3 Å². The van der Waals surface area contributed by atoms with E-state index in [-0.39, 0.29) is 0 Å². The molecule has 9 aromatic carbocycles. The van der Waals surface area contributed by atoms with Crippen LogP contribution in [-0.4, -0.2) is 4.57 Å². The molecule has 0 saturated heterocycles. The molecule has 0 bridgehead atoms. The van der Waals surface area contributed by atoms with Gasteiger partial charge in [0.15, 0.2) is 0 Å². The van der Waals surface area contributed by atoms with Gasteiger partial charge in [0.2, 0.25) is 0 Å². The van der Waals surface area contributed by atoms with Crippen molar-refractivity contribution in [2.24, 2.45) is 0 Å². The highest BCUT2D eigenvalue weighted by Crippen LogP contribution is 2.42. The van der Waals surface area contributed by atoms with Crippen molar-refractivity contribution in [2.45, 2.75) is 0 Å². The van der Waals surface area contributed by atoms with Gasteiger partial charge in [0, 0.05) is 33.5 Å². The molecule has 0 fully saturated rings. The van der Waals surface area contributed by atoms with Gasteiger partial charge < -0.3 is 9.47 Å². The SMILES string of the molecule is c1ccc(-c2ccc(N(c3ccc(-c4ccc(-c5ccccc5)c(-c5ccccc5)c4)cc3)c3ccc4c(c3)c3ccccc3n4-c3ccccc3)cc2)cc1. The van der Waals surface area contributed by atoms with Crippen LogP contribution in [0.5, 0.6) is 0 Å². The van der Waals surface area contributed by atoms with E-state index in [1.807, 2.05) is 0 Å². The van der Waals surface area contributed by atoms with Crippen molar-refractivity contribution in [3.63, 3.8) is 0 Å². The summed E-state index contributed by atoms with van der Waals surface area (Å²) in [5, 5.41) is 2.45. The first kappa shape index (κ1) is 33.2. The summed E-state index contributed by atoms with van der Waals surface area (Å²) in [5.74, 6) is 0. The lowest BCUT2D eigenvalue weighted by atomic mass is 9.91. The first-order valence-electron chi connectivity index (χ1n) is 19.2. The summed E-state index contributed by atoms with van der Waals surface area (Å²) in [4.78, 5) is 2.38. The molecular formula is C54H38N2. The summed E-state index contributed by atoms with van der Waals surface area (Å²) in [7, 11) is 0. The molecule has 264 valence electrons. The normalized spacial score (nSPS) is 11.2. The largest absolute Gasteiger partial charge is 0.310 e. The molecule has 56 heavy (non-hydrogen) atoms. The lowest BCUT2D eigenvalue weighted by Crippen LogP contribution is -2.10. The molecule has 0 saturated carbocycles. The van der Waals surface area contributed by atoms with Crippen molar-refractivity contribution in [1.82, 2.24) is 4.57 Å². The zero-order valence-corrected chi connectivity index (χ0v) is 30.8. The molecule has 0 unspecified atom stereocenters. The van der Waals surface area contributed by atoms with Crippen molar-refractivity contribution in [2.75, 3.05) is 4.90 Å². The second-order valence-corrected chi connectivity index (χ2v) is 14.2. The van der Waals surface area contributed by atoms with Gasteiger partial charge in [0.25, 0.3) is 0 Å². The van der Waals surface area contributed by atoms with Crippen LogP contribution in [0.15, 0.2) is 231 Å². The molecule has 0 atom stereocenters. The molecule has 10 aromatic rings. The van der Waals surface area contributed by atoms with E-state index in [0.29, 0.717) is 0 Å². The molecule has 0 N–H and O–H groups in total. The second kappa shape index (κ2) is 14.4. The highest BCUT2D eigenvalue weighted by atomic mass is 15.1. The highest BCUT2D eigenvalue weighted by Gasteiger charge is 2.18. The number of aromatic nitrogens is 1. The van der Waals surface area contributed by atoms with Gasteiger partial charge in [-0.15, -0.1) is 0 Å². The Labute approximate surface area is 327 Å². The zero-order chi connectivity index (χ0) is 37.3. The minimum atomic E-state index is 1.09. The summed E-state index contributed by atoms with van der Waals surface area (Å²) in [6.45, 7) is 0. The Balaban J connectivity index is 1.09. The van der Waals surface area contributed by atoms with Crippen molar-refractivity contribution in [1.29, 1.82) is 0 Å². The second-order valence-electron chi connectivity index (χ2n) is 14.2. The number of para-hydroxylation sites is 2. The van der Waals surface area contributed by atoms with E-state index in [9.17, 15) is 0 Å². The van der Waals surface area contributed by atoms with Crippen LogP contribution in [0.2, 0.25) is 0 Å². The van der Waals surface area contributed by atoms with Crippen LogP contribution in [0.1, 0.15) is 0 Å². The minimum absolute atomic E-state index is 1.09. The Bertz CT molecular complexity index is 2910. The van der Waals surface area contributed by atoms with Crippen molar-refractivity contribution in [3.8, 4) is 50.2 Å². The number of hydrogen-bond acceptors (Lipinski definition) is 1. The van der Waals surface area contributed by atoms with Gasteiger partial charge in [-0.25, -0.2) is 0 Å². The molecule has 0 aliphatic heterocycles. The Morgan fingerprint density at radius 1 is 0.268 bits per heavy atom. The molecule has 1 aromatic heterocycles. The lowest BCUT2D eigenvalue weighted by Gasteiger charge is -2.26. The first-order chi connectivity index (χ1) is 27.8. The number of nitrogens with zero attached hydrogens (tertiary/aromatic N) is 2. The van der Waals surface area contributed by atoms with Gasteiger partial charge in [-0.2, -0.15) is 0 Å². The molecule has 0 amide bonds. The van der Waals surface area contributed by atoms with Crippen LogP contribution in [0.25, 0.3) is 72.0 Å². The molecule has 0 aliphatic rings. The fourth-order valence-electron chi connectivity index (χ4n) is 8.09. The van der Waals surface area contributed by atoms with E-state index >= 15 is 0 Å². The summed E-state index contributed by atoms with van der Waals surface area (Å²) in [5.41, 5.74) is 16.5. The maximum Gasteiger partial charge on any atom is 0.0542 e. The molecule has 2 nitrogen and oxygen atoms in total. The fourth-order valence-corrected chi connectivity index (χ4v) is 8.09. The quantitative estimate of drug-likeness (QED) is 0.152. The molecule has 0 spiro atoms. The van der Waals surface area contributed by atoms with Crippen molar-refractivity contribution >= 4 is 38.9 Å². The standard InChI is InChI=1S/C54H38N2/c1-5-15-39(16-6-1)40-25-30-46(31-26-40)55(48-34-36-54-52(38-48)50-23-13-14-24-53(50)56(54)45-21-11-4-12-22-45)47-32-27-41(28-33-47)44-29-35-49(42-17-7-2-8-18-42)51(37-44)43-19-9-3-10-20-43/h1-38H. The van der Waals surface area contributed by atoms with E-state index in [0.717, 1.165) is 22.7 Å². The lowest BCUT2D eigenvalue weighted by molar-refractivity contribution is 1.18. The van der Waals surface area contributed by atoms with E-state index in [1.54, 1.807) is 0 Å². The monoisotopic (exact) mass is 714 g/mol. The highest BCUT2D eigenvalue weighted by molar-refractivity contribution is 6.10. The van der Waals surface area contributed by atoms with Crippen LogP contribution >= 0.6 is 0 Å². The number of hydrogen-bond donors (Lipinski definition) is 0. The van der Waals surface area contributed by atoms with Crippen molar-refractivity contribution in [3.05, 3.63) is 231 Å². The summed E-state index contributed by atoms with van der Waals surface area (Å²) in [6, 6.07) is 83.0. The molecule has 2 heteroatoms. The smallest absolute Gasteiger partial charge is 0.0542 e. The predicted octanol–water partition coefficient (Wildman–Crippen LogP) is 14.9. The van der Waals surface area contributed by atoms with Gasteiger partial charge in [0.05, 0.1) is 11.0 Å². The number of fused-ring (bicyclic) bond motifs is 3. The van der Waals surface area contributed by atoms with Crippen LogP contribution in [0, 0.1) is 0 Å². The van der Waals surface area contributed by atoms with E-state index in [4.69, 9.17) is 0 Å². The Morgan fingerprint density at radius 2 is 0.714 bits per heavy atom. The molecule has 0 aliphatic carbocycles. The van der Waals surface area contributed by atoms with Gasteiger partial charge in [0.1, 0.15) is 0 Å². The summed E-state index contributed by atoms with van der Waals surface area (Å²) >= 11 is 0. The summed E-state index contributed by atoms with van der Waals surface area (Å²) in [6.07, 6.45) is 0. The summed E-state index contributed by atoms with van der Waals surface area (Å²) < 4.78 is 2.37. The maximum absolute atomic E-state index is 2.38. The topological polar surface area (TPSA) is 8.17 Å². The minimum Gasteiger partial charge on any atom is -0.310 e. The Hall–Kier alpha value is -7.42. The van der Waals surface area contributed by atoms with E-state index < -0.39 is 0 Å². The third-order valence-corrected chi connectivity index (χ3v) is 10.8. The molecule has 1 heterocycles. The zero-order valence-electron chi connectivity index (χ0n) is 30.8. The molecule has 10 rings (SSSR count). The average Bonchev–Trinajstić information content (AvgIpc) is 3.62. The van der Waals surface area contributed by atoms with E-state index in [2.05, 4.69) is 240 Å². The molecular weight excluding hydrogens is 677 g/mol. The predicted molar refractivity (Wildman–Crippen MR) is 237 cm³/mol. The number of rotatable bonds is 8. The first-order valence-corrected chi connectivity index (χ1v) is 19.2. The average molecular weight is 715 g/mol.